The number of nitrogens with one attached hydrogen (secondary N) is 1. The van der Waals surface area contributed by atoms with E-state index < -0.39 is 12.0 Å². The molecule has 240 valence electrons. The van der Waals surface area contributed by atoms with Gasteiger partial charge in [0.15, 0.2) is 11.5 Å². The lowest BCUT2D eigenvalue weighted by molar-refractivity contribution is -0.144. The van der Waals surface area contributed by atoms with Gasteiger partial charge in [-0.3, -0.25) is 10.00 Å². The van der Waals surface area contributed by atoms with Gasteiger partial charge in [0, 0.05) is 54.7 Å². The number of hydrogen-bond donors (Lipinski definition) is 1. The first-order chi connectivity index (χ1) is 22.2. The van der Waals surface area contributed by atoms with Gasteiger partial charge in [0.25, 0.3) is 0 Å². The molecule has 1 N–H and O–H groups in total. The molecule has 2 aliphatic rings. The van der Waals surface area contributed by atoms with Crippen LogP contribution in [-0.4, -0.2) is 71.5 Å². The van der Waals surface area contributed by atoms with E-state index in [9.17, 15) is 17.6 Å². The van der Waals surface area contributed by atoms with E-state index in [1.807, 2.05) is 27.9 Å². The molecule has 46 heavy (non-hydrogen) atoms. The van der Waals surface area contributed by atoms with Gasteiger partial charge in [-0.25, -0.2) is 24.3 Å². The molecular formula is C31H29ClF4N8O2. The van der Waals surface area contributed by atoms with Crippen LogP contribution in [0.3, 0.4) is 0 Å². The Hall–Kier alpha value is -4.14. The number of nitrogens with zero attached hydrogens (tertiary/aromatic N) is 7. The quantitative estimate of drug-likeness (QED) is 0.197. The average Bonchev–Trinajstić information content (AvgIpc) is 3.63. The highest BCUT2D eigenvalue weighted by Crippen LogP contribution is 2.29. The number of H-pyrrole nitrogens is 1. The molecule has 1 unspecified atom stereocenters. The van der Waals surface area contributed by atoms with Crippen LogP contribution < -0.4 is 4.74 Å². The van der Waals surface area contributed by atoms with E-state index in [0.717, 1.165) is 38.2 Å². The fourth-order valence-electron chi connectivity index (χ4n) is 5.68. The van der Waals surface area contributed by atoms with Crippen molar-refractivity contribution in [1.29, 1.82) is 0 Å². The fourth-order valence-corrected chi connectivity index (χ4v) is 5.84. The van der Waals surface area contributed by atoms with Gasteiger partial charge in [0.05, 0.1) is 19.2 Å². The zero-order valence-electron chi connectivity index (χ0n) is 24.5. The molecule has 0 radical (unpaired) electrons. The first-order valence-corrected chi connectivity index (χ1v) is 15.3. The van der Waals surface area contributed by atoms with Crippen molar-refractivity contribution >= 4 is 22.8 Å². The van der Waals surface area contributed by atoms with Gasteiger partial charge in [-0.2, -0.15) is 18.3 Å². The van der Waals surface area contributed by atoms with Crippen molar-refractivity contribution in [1.82, 2.24) is 39.6 Å². The predicted molar refractivity (Wildman–Crippen MR) is 160 cm³/mol. The lowest BCUT2D eigenvalue weighted by Gasteiger charge is -2.32. The number of piperidine rings is 1. The molecule has 2 saturated heterocycles. The number of halogens is 5. The summed E-state index contributed by atoms with van der Waals surface area (Å²) in [7, 11) is 0. The Labute approximate surface area is 265 Å². The van der Waals surface area contributed by atoms with Crippen LogP contribution in [0.15, 0.2) is 48.7 Å². The Balaban J connectivity index is 1.02. The maximum atomic E-state index is 14.3. The number of aromatic nitrogens is 7. The molecule has 2 fully saturated rings. The lowest BCUT2D eigenvalue weighted by Crippen LogP contribution is -2.39. The number of hydrogen-bond acceptors (Lipinski definition) is 8. The van der Waals surface area contributed by atoms with Crippen LogP contribution in [0.4, 0.5) is 17.6 Å². The molecule has 1 aromatic carbocycles. The molecule has 0 spiro atoms. The second-order valence-corrected chi connectivity index (χ2v) is 11.9. The topological polar surface area (TPSA) is 107 Å². The molecule has 0 bridgehead atoms. The van der Waals surface area contributed by atoms with Crippen LogP contribution in [0.2, 0.25) is 5.02 Å². The van der Waals surface area contributed by atoms with E-state index in [1.54, 1.807) is 18.2 Å². The normalized spacial score (nSPS) is 17.8. The smallest absolute Gasteiger partial charge is 0.451 e. The molecule has 2 aliphatic heterocycles. The maximum absolute atomic E-state index is 14.3. The molecule has 0 aliphatic carbocycles. The average molecular weight is 657 g/mol. The van der Waals surface area contributed by atoms with Gasteiger partial charge < -0.3 is 14.0 Å². The summed E-state index contributed by atoms with van der Waals surface area (Å²) in [5.74, 6) is -0.334. The molecule has 0 saturated carbocycles. The Morgan fingerprint density at radius 1 is 1.04 bits per heavy atom. The summed E-state index contributed by atoms with van der Waals surface area (Å²) in [6, 6.07) is 11.8. The Morgan fingerprint density at radius 2 is 1.87 bits per heavy atom. The van der Waals surface area contributed by atoms with Crippen molar-refractivity contribution in [3.05, 3.63) is 82.4 Å². The van der Waals surface area contributed by atoms with Gasteiger partial charge in [-0.1, -0.05) is 23.7 Å². The van der Waals surface area contributed by atoms with Gasteiger partial charge in [-0.15, -0.1) is 0 Å². The standard InChI is InChI=1S/C31H29ClF4N8O2/c32-20-5-4-18(24(33)14-20)12-21-2-1-3-27(38-21)46-22-6-9-43(10-7-22)17-26-39-25-13-19(28-40-30(42-41-28)31(34,35)36)15-37-29(25)44(26)16-23-8-11-45-23/h1-5,13-15,22-23H,6-12,16-17H2,(H,40,41,42). The number of aromatic amines is 1. The zero-order chi connectivity index (χ0) is 31.8. The number of likely N-dealkylation sites (tertiary alicyclic amines) is 1. The Morgan fingerprint density at radius 3 is 2.59 bits per heavy atom. The summed E-state index contributed by atoms with van der Waals surface area (Å²) in [4.78, 5) is 19.9. The highest BCUT2D eigenvalue weighted by molar-refractivity contribution is 6.30. The zero-order valence-corrected chi connectivity index (χ0v) is 25.2. The SMILES string of the molecule is Fc1cc(Cl)ccc1Cc1cccc(OC2CCN(Cc3nc4cc(-c5n[nH]c(C(F)(F)F)n5)cnc4n3CC3CCO3)CC2)n1. The molecule has 1 atom stereocenters. The van der Waals surface area contributed by atoms with E-state index in [2.05, 4.69) is 25.0 Å². The number of imidazole rings is 1. The van der Waals surface area contributed by atoms with E-state index in [4.69, 9.17) is 26.1 Å². The van der Waals surface area contributed by atoms with Crippen molar-refractivity contribution in [2.45, 2.75) is 57.2 Å². The minimum Gasteiger partial charge on any atom is -0.474 e. The predicted octanol–water partition coefficient (Wildman–Crippen LogP) is 5.85. The van der Waals surface area contributed by atoms with Crippen molar-refractivity contribution in [2.75, 3.05) is 19.7 Å². The molecule has 5 aromatic rings. The van der Waals surface area contributed by atoms with Gasteiger partial charge in [0.2, 0.25) is 11.7 Å². The second-order valence-electron chi connectivity index (χ2n) is 11.5. The number of alkyl halides is 3. The van der Waals surface area contributed by atoms with E-state index in [1.165, 1.54) is 12.3 Å². The second kappa shape index (κ2) is 12.6. The fraction of sp³-hybridized carbons (Fsp3) is 0.387. The van der Waals surface area contributed by atoms with Crippen LogP contribution >= 0.6 is 11.6 Å². The van der Waals surface area contributed by atoms with Crippen molar-refractivity contribution in [2.24, 2.45) is 0 Å². The third kappa shape index (κ3) is 6.69. The monoisotopic (exact) mass is 656 g/mol. The van der Waals surface area contributed by atoms with Crippen LogP contribution in [-0.2, 0) is 30.4 Å². The summed E-state index contributed by atoms with van der Waals surface area (Å²) in [5, 5.41) is 6.02. The molecule has 6 heterocycles. The minimum atomic E-state index is -4.63. The molecule has 4 aromatic heterocycles. The van der Waals surface area contributed by atoms with Crippen molar-refractivity contribution in [3.8, 4) is 17.3 Å². The number of pyridine rings is 2. The summed E-state index contributed by atoms with van der Waals surface area (Å²) in [5.41, 5.74) is 2.73. The summed E-state index contributed by atoms with van der Waals surface area (Å²) < 4.78 is 67.4. The van der Waals surface area contributed by atoms with E-state index in [0.29, 0.717) is 65.0 Å². The van der Waals surface area contributed by atoms with Crippen molar-refractivity contribution < 1.29 is 27.0 Å². The summed E-state index contributed by atoms with van der Waals surface area (Å²) in [6.45, 7) is 3.38. The molecular weight excluding hydrogens is 628 g/mol. The highest BCUT2D eigenvalue weighted by atomic mass is 35.5. The van der Waals surface area contributed by atoms with Crippen LogP contribution in [0.5, 0.6) is 5.88 Å². The number of ether oxygens (including phenoxy) is 2. The molecule has 10 nitrogen and oxygen atoms in total. The Kier molecular flexibility index (Phi) is 8.34. The largest absolute Gasteiger partial charge is 0.474 e. The third-order valence-electron chi connectivity index (χ3n) is 8.21. The molecule has 7 rings (SSSR count). The van der Waals surface area contributed by atoms with Crippen LogP contribution in [0.25, 0.3) is 22.6 Å². The Bertz CT molecular complexity index is 1850. The molecule has 15 heteroatoms. The van der Waals surface area contributed by atoms with Crippen molar-refractivity contribution in [3.63, 3.8) is 0 Å². The summed E-state index contributed by atoms with van der Waals surface area (Å²) >= 11 is 5.88. The maximum Gasteiger partial charge on any atom is 0.451 e. The summed E-state index contributed by atoms with van der Waals surface area (Å²) in [6.07, 6.45) is -0.322. The highest BCUT2D eigenvalue weighted by Gasteiger charge is 2.35. The van der Waals surface area contributed by atoms with E-state index >= 15 is 0 Å². The first kappa shape index (κ1) is 30.5. The van der Waals surface area contributed by atoms with Crippen LogP contribution in [0, 0.1) is 5.82 Å². The van der Waals surface area contributed by atoms with Gasteiger partial charge >= 0.3 is 6.18 Å². The van der Waals surface area contributed by atoms with Gasteiger partial charge in [-0.05, 0) is 49.1 Å². The number of rotatable bonds is 9. The molecule has 0 amide bonds. The lowest BCUT2D eigenvalue weighted by atomic mass is 10.1. The van der Waals surface area contributed by atoms with Gasteiger partial charge in [0.1, 0.15) is 23.3 Å². The number of fused-ring (bicyclic) bond motifs is 1. The minimum absolute atomic E-state index is 0.0272. The first-order valence-electron chi connectivity index (χ1n) is 14.9. The van der Waals surface area contributed by atoms with E-state index in [-0.39, 0.29) is 23.8 Å². The third-order valence-corrected chi connectivity index (χ3v) is 8.45. The van der Waals surface area contributed by atoms with Crippen LogP contribution in [0.1, 0.15) is 42.2 Å². The number of benzene rings is 1.